The summed E-state index contributed by atoms with van der Waals surface area (Å²) >= 11 is 0. The minimum atomic E-state index is -0.541. The highest BCUT2D eigenvalue weighted by Crippen LogP contribution is 2.25. The van der Waals surface area contributed by atoms with Gasteiger partial charge in [0, 0.05) is 6.54 Å². The molecule has 0 aliphatic heterocycles. The maximum absolute atomic E-state index is 11.7. The van der Waals surface area contributed by atoms with E-state index in [1.165, 1.54) is 30.1 Å². The number of carbonyl (C=O) groups is 1. The Labute approximate surface area is 129 Å². The van der Waals surface area contributed by atoms with Gasteiger partial charge in [0.25, 0.3) is 0 Å². The number of nitrogens with zero attached hydrogens (tertiary/aromatic N) is 3. The van der Waals surface area contributed by atoms with Crippen molar-refractivity contribution in [1.82, 2.24) is 15.1 Å². The second kappa shape index (κ2) is 7.88. The van der Waals surface area contributed by atoms with Gasteiger partial charge in [0.2, 0.25) is 5.91 Å². The molecule has 0 radical (unpaired) electrons. The van der Waals surface area contributed by atoms with Gasteiger partial charge in [0.15, 0.2) is 0 Å². The van der Waals surface area contributed by atoms with Crippen LogP contribution in [0.1, 0.15) is 32.6 Å². The van der Waals surface area contributed by atoms with Gasteiger partial charge in [-0.2, -0.15) is 5.10 Å². The molecule has 8 nitrogen and oxygen atoms in total. The Morgan fingerprint density at radius 3 is 3.00 bits per heavy atom. The van der Waals surface area contributed by atoms with E-state index < -0.39 is 4.92 Å². The average Bonchev–Trinajstić information content (AvgIpc) is 2.94. The minimum absolute atomic E-state index is 0.0341. The van der Waals surface area contributed by atoms with Crippen molar-refractivity contribution in [1.29, 1.82) is 0 Å². The standard InChI is InChI=1S/C14H22N4O4/c1-11-4-2-3-5-13(11)22-7-6-15-14(19)10-17-9-12(8-16-17)18(20)21/h8-9,11,13H,2-7,10H2,1H3,(H,15,19). The first-order valence-electron chi connectivity index (χ1n) is 7.61. The topological polar surface area (TPSA) is 99.3 Å². The summed E-state index contributed by atoms with van der Waals surface area (Å²) in [4.78, 5) is 21.7. The van der Waals surface area contributed by atoms with Crippen LogP contribution in [-0.4, -0.2) is 39.9 Å². The SMILES string of the molecule is CC1CCCCC1OCCNC(=O)Cn1cc([N+](=O)[O-])cn1. The molecule has 0 spiro atoms. The fourth-order valence-electron chi connectivity index (χ4n) is 2.67. The zero-order valence-electron chi connectivity index (χ0n) is 12.7. The number of hydrogen-bond donors (Lipinski definition) is 1. The number of nitrogens with one attached hydrogen (secondary N) is 1. The van der Waals surface area contributed by atoms with E-state index in [4.69, 9.17) is 4.74 Å². The first kappa shape index (κ1) is 16.4. The van der Waals surface area contributed by atoms with Crippen LogP contribution in [0.25, 0.3) is 0 Å². The van der Waals surface area contributed by atoms with Crippen molar-refractivity contribution >= 4 is 11.6 Å². The van der Waals surface area contributed by atoms with Crippen molar-refractivity contribution in [3.63, 3.8) is 0 Å². The lowest BCUT2D eigenvalue weighted by atomic mass is 9.88. The quantitative estimate of drug-likeness (QED) is 0.467. The summed E-state index contributed by atoms with van der Waals surface area (Å²) in [6, 6.07) is 0. The second-order valence-corrected chi connectivity index (χ2v) is 5.67. The number of carbonyl (C=O) groups excluding carboxylic acids is 1. The molecular formula is C14H22N4O4. The largest absolute Gasteiger partial charge is 0.376 e. The maximum atomic E-state index is 11.7. The molecule has 8 heteroatoms. The normalized spacial score (nSPS) is 21.5. The van der Waals surface area contributed by atoms with Crippen molar-refractivity contribution in [3.05, 3.63) is 22.5 Å². The van der Waals surface area contributed by atoms with Crippen LogP contribution in [-0.2, 0) is 16.1 Å². The monoisotopic (exact) mass is 310 g/mol. The van der Waals surface area contributed by atoms with Crippen LogP contribution in [0.5, 0.6) is 0 Å². The van der Waals surface area contributed by atoms with E-state index in [0.717, 1.165) is 12.6 Å². The summed E-state index contributed by atoms with van der Waals surface area (Å²) in [6.07, 6.45) is 7.43. The lowest BCUT2D eigenvalue weighted by Gasteiger charge is -2.28. The maximum Gasteiger partial charge on any atom is 0.307 e. The van der Waals surface area contributed by atoms with Crippen LogP contribution < -0.4 is 5.32 Å². The van der Waals surface area contributed by atoms with Gasteiger partial charge in [-0.05, 0) is 18.8 Å². The van der Waals surface area contributed by atoms with E-state index in [0.29, 0.717) is 25.2 Å². The fraction of sp³-hybridized carbons (Fsp3) is 0.714. The van der Waals surface area contributed by atoms with Gasteiger partial charge in [-0.15, -0.1) is 0 Å². The molecule has 1 amide bonds. The molecule has 1 aliphatic carbocycles. The molecule has 0 bridgehead atoms. The van der Waals surface area contributed by atoms with E-state index in [2.05, 4.69) is 17.3 Å². The first-order chi connectivity index (χ1) is 10.6. The minimum Gasteiger partial charge on any atom is -0.376 e. The fourth-order valence-corrected chi connectivity index (χ4v) is 2.67. The summed E-state index contributed by atoms with van der Waals surface area (Å²) < 4.78 is 7.05. The van der Waals surface area contributed by atoms with Gasteiger partial charge in [-0.25, -0.2) is 0 Å². The van der Waals surface area contributed by atoms with Crippen LogP contribution in [0.3, 0.4) is 0 Å². The van der Waals surface area contributed by atoms with Crippen LogP contribution in [0.2, 0.25) is 0 Å². The van der Waals surface area contributed by atoms with E-state index in [9.17, 15) is 14.9 Å². The molecule has 2 unspecified atom stereocenters. The molecule has 2 rings (SSSR count). The molecule has 1 N–H and O–H groups in total. The van der Waals surface area contributed by atoms with Crippen molar-refractivity contribution < 1.29 is 14.5 Å². The van der Waals surface area contributed by atoms with Crippen molar-refractivity contribution in [2.45, 2.75) is 45.3 Å². The molecule has 1 heterocycles. The molecule has 2 atom stereocenters. The number of hydrogen-bond acceptors (Lipinski definition) is 5. The molecule has 1 aliphatic rings. The number of amides is 1. The summed E-state index contributed by atoms with van der Waals surface area (Å²) in [7, 11) is 0. The number of rotatable bonds is 7. The average molecular weight is 310 g/mol. The van der Waals surface area contributed by atoms with Gasteiger partial charge in [-0.1, -0.05) is 19.8 Å². The van der Waals surface area contributed by atoms with Crippen LogP contribution in [0.15, 0.2) is 12.4 Å². The van der Waals surface area contributed by atoms with Gasteiger partial charge in [0.05, 0.1) is 17.6 Å². The Kier molecular flexibility index (Phi) is 5.88. The van der Waals surface area contributed by atoms with Crippen molar-refractivity contribution in [2.75, 3.05) is 13.2 Å². The number of aromatic nitrogens is 2. The van der Waals surface area contributed by atoms with Crippen molar-refractivity contribution in [3.8, 4) is 0 Å². The molecule has 0 saturated heterocycles. The van der Waals surface area contributed by atoms with Crippen LogP contribution >= 0.6 is 0 Å². The number of nitro groups is 1. The van der Waals surface area contributed by atoms with E-state index >= 15 is 0 Å². The van der Waals surface area contributed by atoms with Crippen LogP contribution in [0, 0.1) is 16.0 Å². The lowest BCUT2D eigenvalue weighted by Crippen LogP contribution is -2.33. The molecule has 1 aromatic heterocycles. The lowest BCUT2D eigenvalue weighted by molar-refractivity contribution is -0.385. The predicted octanol–water partition coefficient (Wildman–Crippen LogP) is 1.50. The predicted molar refractivity (Wildman–Crippen MR) is 79.3 cm³/mol. The first-order valence-corrected chi connectivity index (χ1v) is 7.61. The smallest absolute Gasteiger partial charge is 0.307 e. The molecule has 1 fully saturated rings. The highest BCUT2D eigenvalue weighted by Gasteiger charge is 2.21. The highest BCUT2D eigenvalue weighted by atomic mass is 16.6. The summed E-state index contributed by atoms with van der Waals surface area (Å²) in [5.74, 6) is 0.340. The third-order valence-corrected chi connectivity index (χ3v) is 3.92. The Hall–Kier alpha value is -1.96. The molecule has 0 aromatic carbocycles. The van der Waals surface area contributed by atoms with Gasteiger partial charge in [0.1, 0.15) is 18.9 Å². The van der Waals surface area contributed by atoms with Crippen molar-refractivity contribution in [2.24, 2.45) is 5.92 Å². The van der Waals surface area contributed by atoms with Crippen LogP contribution in [0.4, 0.5) is 5.69 Å². The Morgan fingerprint density at radius 2 is 2.32 bits per heavy atom. The van der Waals surface area contributed by atoms with E-state index in [-0.39, 0.29) is 18.1 Å². The van der Waals surface area contributed by atoms with Gasteiger partial charge >= 0.3 is 5.69 Å². The third-order valence-electron chi connectivity index (χ3n) is 3.92. The molecule has 1 aromatic rings. The Balaban J connectivity index is 1.64. The second-order valence-electron chi connectivity index (χ2n) is 5.67. The Bertz CT molecular complexity index is 517. The zero-order valence-corrected chi connectivity index (χ0v) is 12.7. The molecule has 122 valence electrons. The summed E-state index contributed by atoms with van der Waals surface area (Å²) in [6.45, 7) is 3.09. The highest BCUT2D eigenvalue weighted by molar-refractivity contribution is 5.75. The molecule has 22 heavy (non-hydrogen) atoms. The van der Waals surface area contributed by atoms with E-state index in [1.54, 1.807) is 0 Å². The van der Waals surface area contributed by atoms with E-state index in [1.807, 2.05) is 0 Å². The summed E-state index contributed by atoms with van der Waals surface area (Å²) in [5.41, 5.74) is -0.123. The Morgan fingerprint density at radius 1 is 1.55 bits per heavy atom. The molecular weight excluding hydrogens is 288 g/mol. The zero-order chi connectivity index (χ0) is 15.9. The summed E-state index contributed by atoms with van der Waals surface area (Å²) in [5, 5.41) is 17.0. The molecule has 1 saturated carbocycles. The van der Waals surface area contributed by atoms with Gasteiger partial charge < -0.3 is 10.1 Å². The third kappa shape index (κ3) is 4.80. The number of ether oxygens (including phenoxy) is 1. The van der Waals surface area contributed by atoms with Gasteiger partial charge in [-0.3, -0.25) is 19.6 Å².